The van der Waals surface area contributed by atoms with E-state index in [1.807, 2.05) is 13.8 Å². The summed E-state index contributed by atoms with van der Waals surface area (Å²) in [5, 5.41) is 13.9. The van der Waals surface area contributed by atoms with Crippen molar-refractivity contribution in [2.45, 2.75) is 45.4 Å². The number of carbonyl (C=O) groups excluding carboxylic acids is 2. The van der Waals surface area contributed by atoms with Gasteiger partial charge >= 0.3 is 0 Å². The standard InChI is InChI=1S/C20H27N5O3/c1-13(2)19-23-24-20(28-19)15-8-10-25(11-9-15)12-18(27)22-17-6-4-16(5-7-17)21-14(3)26/h4-7,13,15H,8-12H2,1-3H3,(H,21,26)(H,22,27). The molecule has 1 aliphatic rings. The summed E-state index contributed by atoms with van der Waals surface area (Å²) in [7, 11) is 0. The minimum Gasteiger partial charge on any atom is -0.425 e. The second-order valence-electron chi connectivity index (χ2n) is 7.49. The molecule has 1 aromatic carbocycles. The van der Waals surface area contributed by atoms with Gasteiger partial charge in [0.05, 0.1) is 6.54 Å². The predicted molar refractivity (Wildman–Crippen MR) is 106 cm³/mol. The van der Waals surface area contributed by atoms with Crippen LogP contribution in [0.1, 0.15) is 57.2 Å². The Morgan fingerprint density at radius 2 is 1.71 bits per heavy atom. The largest absolute Gasteiger partial charge is 0.425 e. The van der Waals surface area contributed by atoms with Crippen molar-refractivity contribution in [3.05, 3.63) is 36.0 Å². The van der Waals surface area contributed by atoms with Gasteiger partial charge in [-0.25, -0.2) is 0 Å². The van der Waals surface area contributed by atoms with Gasteiger partial charge in [-0.2, -0.15) is 0 Å². The Morgan fingerprint density at radius 3 is 2.25 bits per heavy atom. The number of amides is 2. The van der Waals surface area contributed by atoms with Crippen LogP contribution in [0.3, 0.4) is 0 Å². The zero-order chi connectivity index (χ0) is 20.1. The van der Waals surface area contributed by atoms with E-state index in [4.69, 9.17) is 4.42 Å². The number of benzene rings is 1. The van der Waals surface area contributed by atoms with E-state index in [9.17, 15) is 9.59 Å². The van der Waals surface area contributed by atoms with Crippen molar-refractivity contribution in [3.63, 3.8) is 0 Å². The van der Waals surface area contributed by atoms with Gasteiger partial charge < -0.3 is 15.1 Å². The lowest BCUT2D eigenvalue weighted by molar-refractivity contribution is -0.117. The zero-order valence-electron chi connectivity index (χ0n) is 16.6. The molecule has 0 aliphatic carbocycles. The van der Waals surface area contributed by atoms with Crippen LogP contribution in [-0.4, -0.2) is 46.5 Å². The molecule has 2 N–H and O–H groups in total. The number of hydrogen-bond acceptors (Lipinski definition) is 6. The molecular formula is C20H27N5O3. The van der Waals surface area contributed by atoms with Crippen molar-refractivity contribution in [1.82, 2.24) is 15.1 Å². The number of rotatable bonds is 6. The monoisotopic (exact) mass is 385 g/mol. The molecule has 28 heavy (non-hydrogen) atoms. The third-order valence-corrected chi connectivity index (χ3v) is 4.74. The molecule has 0 saturated carbocycles. The molecule has 1 fully saturated rings. The van der Waals surface area contributed by atoms with Crippen LogP contribution in [0, 0.1) is 0 Å². The van der Waals surface area contributed by atoms with Crippen molar-refractivity contribution in [2.24, 2.45) is 0 Å². The summed E-state index contributed by atoms with van der Waals surface area (Å²) in [6.07, 6.45) is 1.80. The van der Waals surface area contributed by atoms with E-state index in [0.717, 1.165) is 25.9 Å². The Balaban J connectivity index is 1.45. The predicted octanol–water partition coefficient (Wildman–Crippen LogP) is 2.97. The summed E-state index contributed by atoms with van der Waals surface area (Å²) < 4.78 is 5.77. The van der Waals surface area contributed by atoms with E-state index in [-0.39, 0.29) is 23.7 Å². The van der Waals surface area contributed by atoms with Crippen LogP contribution in [0.15, 0.2) is 28.7 Å². The van der Waals surface area contributed by atoms with Gasteiger partial charge in [-0.3, -0.25) is 14.5 Å². The number of likely N-dealkylation sites (tertiary alicyclic amines) is 1. The van der Waals surface area contributed by atoms with Crippen molar-refractivity contribution in [2.75, 3.05) is 30.3 Å². The lowest BCUT2D eigenvalue weighted by Gasteiger charge is -2.29. The molecule has 0 atom stereocenters. The van der Waals surface area contributed by atoms with E-state index in [1.54, 1.807) is 24.3 Å². The third-order valence-electron chi connectivity index (χ3n) is 4.74. The number of nitrogens with zero attached hydrogens (tertiary/aromatic N) is 3. The van der Waals surface area contributed by atoms with E-state index in [1.165, 1.54) is 6.92 Å². The topological polar surface area (TPSA) is 100 Å². The summed E-state index contributed by atoms with van der Waals surface area (Å²) in [4.78, 5) is 25.5. The lowest BCUT2D eigenvalue weighted by Crippen LogP contribution is -2.38. The highest BCUT2D eigenvalue weighted by Gasteiger charge is 2.26. The van der Waals surface area contributed by atoms with Crippen molar-refractivity contribution in [1.29, 1.82) is 0 Å². The van der Waals surface area contributed by atoms with Crippen molar-refractivity contribution >= 4 is 23.2 Å². The second kappa shape index (κ2) is 8.97. The van der Waals surface area contributed by atoms with E-state index in [2.05, 4.69) is 25.7 Å². The first-order chi connectivity index (χ1) is 13.4. The highest BCUT2D eigenvalue weighted by atomic mass is 16.4. The molecule has 2 aromatic rings. The minimum atomic E-state index is -0.124. The van der Waals surface area contributed by atoms with Gasteiger partial charge in [0.15, 0.2) is 0 Å². The Hall–Kier alpha value is -2.74. The summed E-state index contributed by atoms with van der Waals surface area (Å²) in [6, 6.07) is 7.07. The SMILES string of the molecule is CC(=O)Nc1ccc(NC(=O)CN2CCC(c3nnc(C(C)C)o3)CC2)cc1. The average molecular weight is 385 g/mol. The molecule has 0 unspecified atom stereocenters. The van der Waals surface area contributed by atoms with E-state index in [0.29, 0.717) is 29.7 Å². The van der Waals surface area contributed by atoms with Crippen molar-refractivity contribution in [3.8, 4) is 0 Å². The Kier molecular flexibility index (Phi) is 6.41. The van der Waals surface area contributed by atoms with Gasteiger partial charge in [-0.15, -0.1) is 10.2 Å². The van der Waals surface area contributed by atoms with Gasteiger partial charge in [-0.05, 0) is 50.2 Å². The van der Waals surface area contributed by atoms with Crippen LogP contribution in [-0.2, 0) is 9.59 Å². The van der Waals surface area contributed by atoms with Crippen LogP contribution >= 0.6 is 0 Å². The molecule has 2 amide bonds. The minimum absolute atomic E-state index is 0.0504. The molecule has 1 aliphatic heterocycles. The fraction of sp³-hybridized carbons (Fsp3) is 0.500. The van der Waals surface area contributed by atoms with Crippen LogP contribution in [0.25, 0.3) is 0 Å². The maximum atomic E-state index is 12.3. The van der Waals surface area contributed by atoms with Crippen LogP contribution in [0.2, 0.25) is 0 Å². The maximum Gasteiger partial charge on any atom is 0.238 e. The molecule has 2 heterocycles. The van der Waals surface area contributed by atoms with Crippen LogP contribution in [0.4, 0.5) is 11.4 Å². The van der Waals surface area contributed by atoms with Crippen LogP contribution < -0.4 is 10.6 Å². The number of nitrogens with one attached hydrogen (secondary N) is 2. The van der Waals surface area contributed by atoms with Gasteiger partial charge in [0, 0.05) is 30.1 Å². The zero-order valence-corrected chi connectivity index (χ0v) is 16.6. The fourth-order valence-corrected chi connectivity index (χ4v) is 3.23. The fourth-order valence-electron chi connectivity index (χ4n) is 3.23. The summed E-state index contributed by atoms with van der Waals surface area (Å²) in [6.45, 7) is 7.51. The molecule has 8 heteroatoms. The molecular weight excluding hydrogens is 358 g/mol. The Morgan fingerprint density at radius 1 is 1.11 bits per heavy atom. The highest BCUT2D eigenvalue weighted by molar-refractivity contribution is 5.93. The average Bonchev–Trinajstić information content (AvgIpc) is 3.14. The van der Waals surface area contributed by atoms with Gasteiger partial charge in [0.25, 0.3) is 0 Å². The maximum absolute atomic E-state index is 12.3. The molecule has 1 aromatic heterocycles. The number of hydrogen-bond donors (Lipinski definition) is 2. The number of aromatic nitrogens is 2. The smallest absolute Gasteiger partial charge is 0.238 e. The number of piperidine rings is 1. The van der Waals surface area contributed by atoms with Crippen LogP contribution in [0.5, 0.6) is 0 Å². The van der Waals surface area contributed by atoms with Gasteiger partial charge in [-0.1, -0.05) is 13.8 Å². The highest BCUT2D eigenvalue weighted by Crippen LogP contribution is 2.28. The molecule has 0 radical (unpaired) electrons. The van der Waals surface area contributed by atoms with Gasteiger partial charge in [0.2, 0.25) is 23.6 Å². The molecule has 0 bridgehead atoms. The summed E-state index contributed by atoms with van der Waals surface area (Å²) in [5.74, 6) is 1.72. The Labute approximate surface area is 164 Å². The number of carbonyl (C=O) groups is 2. The van der Waals surface area contributed by atoms with E-state index >= 15 is 0 Å². The van der Waals surface area contributed by atoms with Crippen molar-refractivity contribution < 1.29 is 14.0 Å². The first kappa shape index (κ1) is 20.0. The Bertz CT molecular complexity index is 808. The normalized spacial score (nSPS) is 15.6. The van der Waals surface area contributed by atoms with E-state index < -0.39 is 0 Å². The summed E-state index contributed by atoms with van der Waals surface area (Å²) in [5.41, 5.74) is 1.41. The molecule has 150 valence electrons. The summed E-state index contributed by atoms with van der Waals surface area (Å²) >= 11 is 0. The quantitative estimate of drug-likeness (QED) is 0.793. The third kappa shape index (κ3) is 5.39. The second-order valence-corrected chi connectivity index (χ2v) is 7.49. The first-order valence-electron chi connectivity index (χ1n) is 9.64. The molecule has 1 saturated heterocycles. The lowest BCUT2D eigenvalue weighted by atomic mass is 9.97. The van der Waals surface area contributed by atoms with Gasteiger partial charge in [0.1, 0.15) is 0 Å². The number of anilines is 2. The molecule has 0 spiro atoms. The molecule has 3 rings (SSSR count). The first-order valence-corrected chi connectivity index (χ1v) is 9.64. The molecule has 8 nitrogen and oxygen atoms in total.